The molecule has 1 rings (SSSR count). The molecule has 3 N–H and O–H groups in total. The lowest BCUT2D eigenvalue weighted by Gasteiger charge is -2.20. The highest BCUT2D eigenvalue weighted by atomic mass is 19.1. The topological polar surface area (TPSA) is 70.6 Å². The van der Waals surface area contributed by atoms with Crippen molar-refractivity contribution in [2.45, 2.75) is 39.3 Å². The van der Waals surface area contributed by atoms with Crippen LogP contribution in [-0.4, -0.2) is 29.9 Å². The van der Waals surface area contributed by atoms with Crippen molar-refractivity contribution in [3.05, 3.63) is 29.6 Å². The number of amides is 1. The lowest BCUT2D eigenvalue weighted by atomic mass is 10.1. The van der Waals surface area contributed by atoms with Crippen LogP contribution in [0.5, 0.6) is 5.75 Å². The first kappa shape index (κ1) is 17.2. The molecule has 0 bridgehead atoms. The number of phenols is 1. The highest BCUT2D eigenvalue weighted by Crippen LogP contribution is 2.24. The smallest absolute Gasteiger partial charge is 0.407 e. The van der Waals surface area contributed by atoms with E-state index in [0.29, 0.717) is 18.7 Å². The van der Waals surface area contributed by atoms with Gasteiger partial charge in [0, 0.05) is 30.8 Å². The van der Waals surface area contributed by atoms with Crippen molar-refractivity contribution in [2.75, 3.05) is 13.1 Å². The Morgan fingerprint density at radius 3 is 2.62 bits per heavy atom. The Morgan fingerprint density at radius 2 is 2.05 bits per heavy atom. The Bertz CT molecular complexity index is 486. The summed E-state index contributed by atoms with van der Waals surface area (Å²) in [5.41, 5.74) is 0.0821. The molecular weight excluding hydrogens is 275 g/mol. The maximum absolute atomic E-state index is 12.9. The number of halogens is 1. The number of phenolic OH excluding ortho intramolecular Hbond substituents is 1. The van der Waals surface area contributed by atoms with Gasteiger partial charge in [-0.3, -0.25) is 0 Å². The minimum atomic E-state index is -0.523. The van der Waals surface area contributed by atoms with Gasteiger partial charge in [0.25, 0.3) is 0 Å². The summed E-state index contributed by atoms with van der Waals surface area (Å²) in [7, 11) is 0. The summed E-state index contributed by atoms with van der Waals surface area (Å²) < 4.78 is 18.0. The van der Waals surface area contributed by atoms with E-state index < -0.39 is 17.5 Å². The highest BCUT2D eigenvalue weighted by Gasteiger charge is 2.15. The van der Waals surface area contributed by atoms with Crippen LogP contribution in [0.1, 0.15) is 39.3 Å². The summed E-state index contributed by atoms with van der Waals surface area (Å²) >= 11 is 0. The summed E-state index contributed by atoms with van der Waals surface area (Å²) in [6, 6.07) is 3.74. The standard InChI is InChI=1S/C15H23FN2O3/c1-10(12-6-5-11(16)9-13(12)19)17-7-8-18-14(20)21-15(2,3)4/h5-6,9-10,17,19H,7-8H2,1-4H3,(H,18,20). The second-order valence-electron chi connectivity index (χ2n) is 5.81. The summed E-state index contributed by atoms with van der Waals surface area (Å²) in [6.07, 6.45) is -0.471. The van der Waals surface area contributed by atoms with Crippen molar-refractivity contribution < 1.29 is 19.0 Å². The van der Waals surface area contributed by atoms with Crippen molar-refractivity contribution in [2.24, 2.45) is 0 Å². The van der Waals surface area contributed by atoms with Gasteiger partial charge in [0.1, 0.15) is 17.2 Å². The van der Waals surface area contributed by atoms with Crippen LogP contribution in [0.3, 0.4) is 0 Å². The van der Waals surface area contributed by atoms with Crippen molar-refractivity contribution in [1.82, 2.24) is 10.6 Å². The largest absolute Gasteiger partial charge is 0.508 e. The van der Waals surface area contributed by atoms with Gasteiger partial charge in [-0.05, 0) is 33.8 Å². The number of aromatic hydroxyl groups is 1. The number of nitrogens with one attached hydrogen (secondary N) is 2. The zero-order chi connectivity index (χ0) is 16.0. The average molecular weight is 298 g/mol. The lowest BCUT2D eigenvalue weighted by Crippen LogP contribution is -2.36. The number of rotatable bonds is 5. The quantitative estimate of drug-likeness (QED) is 0.731. The minimum Gasteiger partial charge on any atom is -0.508 e. The molecule has 21 heavy (non-hydrogen) atoms. The third kappa shape index (κ3) is 6.44. The predicted octanol–water partition coefficient (Wildman–Crippen LogP) is 2.71. The molecule has 5 nitrogen and oxygen atoms in total. The normalized spacial score (nSPS) is 12.8. The van der Waals surface area contributed by atoms with Gasteiger partial charge in [0.05, 0.1) is 0 Å². The fourth-order valence-electron chi connectivity index (χ4n) is 1.76. The lowest BCUT2D eigenvalue weighted by molar-refractivity contribution is 0.0528. The van der Waals surface area contributed by atoms with E-state index >= 15 is 0 Å². The SMILES string of the molecule is CC(NCCNC(=O)OC(C)(C)C)c1ccc(F)cc1O. The van der Waals surface area contributed by atoms with Crippen LogP contribution in [0, 0.1) is 5.82 Å². The van der Waals surface area contributed by atoms with Crippen LogP contribution in [0.25, 0.3) is 0 Å². The molecule has 0 aliphatic carbocycles. The van der Waals surface area contributed by atoms with Crippen molar-refractivity contribution >= 4 is 6.09 Å². The van der Waals surface area contributed by atoms with Gasteiger partial charge in [-0.1, -0.05) is 6.07 Å². The van der Waals surface area contributed by atoms with Gasteiger partial charge in [0.15, 0.2) is 0 Å². The van der Waals surface area contributed by atoms with E-state index in [-0.39, 0.29) is 11.8 Å². The summed E-state index contributed by atoms with van der Waals surface area (Å²) in [4.78, 5) is 11.4. The second-order valence-corrected chi connectivity index (χ2v) is 5.81. The number of hydrogen-bond donors (Lipinski definition) is 3. The van der Waals surface area contributed by atoms with Crippen LogP contribution in [0.4, 0.5) is 9.18 Å². The maximum atomic E-state index is 12.9. The van der Waals surface area contributed by atoms with E-state index in [1.807, 2.05) is 6.92 Å². The number of hydrogen-bond acceptors (Lipinski definition) is 4. The van der Waals surface area contributed by atoms with Crippen LogP contribution in [-0.2, 0) is 4.74 Å². The first-order chi connectivity index (χ1) is 9.69. The number of benzene rings is 1. The van der Waals surface area contributed by atoms with Crippen molar-refractivity contribution in [3.63, 3.8) is 0 Å². The van der Waals surface area contributed by atoms with E-state index in [1.165, 1.54) is 12.1 Å². The van der Waals surface area contributed by atoms with Crippen LogP contribution >= 0.6 is 0 Å². The Labute approximate surface area is 124 Å². The first-order valence-corrected chi connectivity index (χ1v) is 6.87. The predicted molar refractivity (Wildman–Crippen MR) is 78.7 cm³/mol. The Balaban J connectivity index is 2.34. The highest BCUT2D eigenvalue weighted by molar-refractivity contribution is 5.67. The van der Waals surface area contributed by atoms with Gasteiger partial charge in [0.2, 0.25) is 0 Å². The molecule has 0 saturated heterocycles. The van der Waals surface area contributed by atoms with Crippen LogP contribution < -0.4 is 10.6 Å². The molecular formula is C15H23FN2O3. The van der Waals surface area contributed by atoms with E-state index in [0.717, 1.165) is 6.07 Å². The zero-order valence-corrected chi connectivity index (χ0v) is 12.9. The number of carbonyl (C=O) groups is 1. The third-order valence-corrected chi connectivity index (χ3v) is 2.70. The Hall–Kier alpha value is -1.82. The molecule has 0 saturated carbocycles. The van der Waals surface area contributed by atoms with Gasteiger partial charge in [-0.25, -0.2) is 9.18 Å². The van der Waals surface area contributed by atoms with Crippen molar-refractivity contribution in [1.29, 1.82) is 0 Å². The molecule has 1 atom stereocenters. The molecule has 1 amide bonds. The molecule has 0 fully saturated rings. The molecule has 0 spiro atoms. The van der Waals surface area contributed by atoms with Crippen LogP contribution in [0.15, 0.2) is 18.2 Å². The van der Waals surface area contributed by atoms with E-state index in [1.54, 1.807) is 20.8 Å². The van der Waals surface area contributed by atoms with Crippen LogP contribution in [0.2, 0.25) is 0 Å². The molecule has 0 aliphatic heterocycles. The summed E-state index contributed by atoms with van der Waals surface area (Å²) in [5, 5.41) is 15.4. The van der Waals surface area contributed by atoms with E-state index in [9.17, 15) is 14.3 Å². The molecule has 0 aliphatic rings. The second kappa shape index (κ2) is 7.26. The van der Waals surface area contributed by atoms with Gasteiger partial charge in [-0.2, -0.15) is 0 Å². The number of ether oxygens (including phenoxy) is 1. The number of carbonyl (C=O) groups excluding carboxylic acids is 1. The Morgan fingerprint density at radius 1 is 1.38 bits per heavy atom. The molecule has 6 heteroatoms. The first-order valence-electron chi connectivity index (χ1n) is 6.87. The fraction of sp³-hybridized carbons (Fsp3) is 0.533. The molecule has 1 aromatic rings. The fourth-order valence-corrected chi connectivity index (χ4v) is 1.76. The molecule has 1 unspecified atom stereocenters. The molecule has 0 radical (unpaired) electrons. The van der Waals surface area contributed by atoms with E-state index in [4.69, 9.17) is 4.74 Å². The summed E-state index contributed by atoms with van der Waals surface area (Å²) in [5.74, 6) is -0.565. The maximum Gasteiger partial charge on any atom is 0.407 e. The minimum absolute atomic E-state index is 0.0879. The zero-order valence-electron chi connectivity index (χ0n) is 12.9. The van der Waals surface area contributed by atoms with Gasteiger partial charge in [-0.15, -0.1) is 0 Å². The molecule has 0 aromatic heterocycles. The number of alkyl carbamates (subject to hydrolysis) is 1. The monoisotopic (exact) mass is 298 g/mol. The molecule has 0 heterocycles. The van der Waals surface area contributed by atoms with E-state index in [2.05, 4.69) is 10.6 Å². The Kier molecular flexibility index (Phi) is 5.96. The summed E-state index contributed by atoms with van der Waals surface area (Å²) in [6.45, 7) is 8.12. The third-order valence-electron chi connectivity index (χ3n) is 2.70. The van der Waals surface area contributed by atoms with Crippen molar-refractivity contribution in [3.8, 4) is 5.75 Å². The van der Waals surface area contributed by atoms with Gasteiger partial charge < -0.3 is 20.5 Å². The molecule has 1 aromatic carbocycles. The molecule has 118 valence electrons. The average Bonchev–Trinajstić information content (AvgIpc) is 2.32. The van der Waals surface area contributed by atoms with Gasteiger partial charge >= 0.3 is 6.09 Å².